The lowest BCUT2D eigenvalue weighted by molar-refractivity contribution is -0.144. The van der Waals surface area contributed by atoms with Crippen LogP contribution in [0.2, 0.25) is 0 Å². The Kier molecular flexibility index (Phi) is 5.47. The molecule has 3 nitrogen and oxygen atoms in total. The molecule has 0 rings (SSSR count). The average molecular weight is 157 g/mol. The van der Waals surface area contributed by atoms with Crippen LogP contribution in [0.5, 0.6) is 0 Å². The molecule has 0 aromatic rings. The molecule has 0 bridgehead atoms. The molecule has 0 amide bonds. The summed E-state index contributed by atoms with van der Waals surface area (Å²) in [5.74, 6) is -0.328. The molecule has 0 aliphatic carbocycles. The van der Waals surface area contributed by atoms with E-state index in [0.717, 1.165) is 0 Å². The van der Waals surface area contributed by atoms with Gasteiger partial charge in [0, 0.05) is 0 Å². The second kappa shape index (κ2) is 5.92. The van der Waals surface area contributed by atoms with Crippen molar-refractivity contribution in [2.45, 2.75) is 26.3 Å². The summed E-state index contributed by atoms with van der Waals surface area (Å²) in [6, 6.07) is -0.508. The minimum Gasteiger partial charge on any atom is -0.465 e. The van der Waals surface area contributed by atoms with Gasteiger partial charge in [0.1, 0.15) is 6.04 Å². The Hall–Kier alpha value is -0.830. The predicted molar refractivity (Wildman–Crippen MR) is 44.0 cm³/mol. The first-order chi connectivity index (χ1) is 5.22. The molecule has 0 spiro atoms. The molecule has 11 heavy (non-hydrogen) atoms. The van der Waals surface area contributed by atoms with Crippen LogP contribution in [0.15, 0.2) is 12.2 Å². The van der Waals surface area contributed by atoms with E-state index in [1.165, 1.54) is 0 Å². The summed E-state index contributed by atoms with van der Waals surface area (Å²) in [5.41, 5.74) is 5.46. The maximum Gasteiger partial charge on any atom is 0.323 e. The second-order valence-corrected chi connectivity index (χ2v) is 2.16. The fourth-order valence-electron chi connectivity index (χ4n) is 0.628. The third kappa shape index (κ3) is 4.56. The summed E-state index contributed by atoms with van der Waals surface area (Å²) >= 11 is 0. The van der Waals surface area contributed by atoms with Gasteiger partial charge in [-0.05, 0) is 20.3 Å². The first-order valence-electron chi connectivity index (χ1n) is 3.75. The van der Waals surface area contributed by atoms with Crippen LogP contribution < -0.4 is 5.73 Å². The van der Waals surface area contributed by atoms with Crippen molar-refractivity contribution in [2.24, 2.45) is 5.73 Å². The molecule has 2 N–H and O–H groups in total. The number of allylic oxidation sites excluding steroid dienone is 1. The minimum atomic E-state index is -0.508. The minimum absolute atomic E-state index is 0.328. The lowest BCUT2D eigenvalue weighted by Crippen LogP contribution is -2.31. The molecule has 0 aliphatic heterocycles. The summed E-state index contributed by atoms with van der Waals surface area (Å²) in [5, 5.41) is 0. The highest BCUT2D eigenvalue weighted by atomic mass is 16.5. The third-order valence-corrected chi connectivity index (χ3v) is 1.22. The van der Waals surface area contributed by atoms with E-state index >= 15 is 0 Å². The van der Waals surface area contributed by atoms with Gasteiger partial charge in [-0.25, -0.2) is 0 Å². The number of hydrogen-bond acceptors (Lipinski definition) is 3. The van der Waals surface area contributed by atoms with Gasteiger partial charge >= 0.3 is 5.97 Å². The van der Waals surface area contributed by atoms with Gasteiger partial charge in [-0.1, -0.05) is 12.2 Å². The van der Waals surface area contributed by atoms with Gasteiger partial charge in [0.2, 0.25) is 0 Å². The third-order valence-electron chi connectivity index (χ3n) is 1.22. The lowest BCUT2D eigenvalue weighted by atomic mass is 10.2. The van der Waals surface area contributed by atoms with E-state index in [1.807, 2.05) is 19.1 Å². The van der Waals surface area contributed by atoms with Crippen LogP contribution >= 0.6 is 0 Å². The van der Waals surface area contributed by atoms with Gasteiger partial charge in [0.15, 0.2) is 0 Å². The monoisotopic (exact) mass is 157 g/mol. The topological polar surface area (TPSA) is 52.3 Å². The van der Waals surface area contributed by atoms with Crippen LogP contribution in [0.25, 0.3) is 0 Å². The normalized spacial score (nSPS) is 13.4. The Balaban J connectivity index is 3.63. The highest BCUT2D eigenvalue weighted by Crippen LogP contribution is 1.93. The first-order valence-corrected chi connectivity index (χ1v) is 3.75. The van der Waals surface area contributed by atoms with E-state index in [2.05, 4.69) is 0 Å². The lowest BCUT2D eigenvalue weighted by Gasteiger charge is -2.06. The van der Waals surface area contributed by atoms with E-state index < -0.39 is 6.04 Å². The standard InChI is InChI=1S/C8H15NO2/c1-3-5-6-7(9)8(10)11-4-2/h3,5,7H,4,6,9H2,1-2H3/b5-3+. The molecule has 0 fully saturated rings. The van der Waals surface area contributed by atoms with Gasteiger partial charge in [-0.2, -0.15) is 0 Å². The van der Waals surface area contributed by atoms with Crippen molar-refractivity contribution in [3.05, 3.63) is 12.2 Å². The van der Waals surface area contributed by atoms with Crippen LogP contribution in [0.4, 0.5) is 0 Å². The Morgan fingerprint density at radius 2 is 2.36 bits per heavy atom. The summed E-state index contributed by atoms with van der Waals surface area (Å²) in [6.07, 6.45) is 4.26. The summed E-state index contributed by atoms with van der Waals surface area (Å²) < 4.78 is 4.70. The summed E-state index contributed by atoms with van der Waals surface area (Å²) in [6.45, 7) is 4.04. The fraction of sp³-hybridized carbons (Fsp3) is 0.625. The van der Waals surface area contributed by atoms with Crippen LogP contribution in [-0.4, -0.2) is 18.6 Å². The predicted octanol–water partition coefficient (Wildman–Crippen LogP) is 0.843. The zero-order valence-electron chi connectivity index (χ0n) is 7.04. The number of nitrogens with two attached hydrogens (primary N) is 1. The van der Waals surface area contributed by atoms with E-state index in [1.54, 1.807) is 6.92 Å². The highest BCUT2D eigenvalue weighted by molar-refractivity contribution is 5.75. The molecule has 1 atom stereocenters. The van der Waals surface area contributed by atoms with Gasteiger partial charge in [-0.15, -0.1) is 0 Å². The van der Waals surface area contributed by atoms with Crippen LogP contribution in [0.1, 0.15) is 20.3 Å². The van der Waals surface area contributed by atoms with Gasteiger partial charge in [0.05, 0.1) is 6.61 Å². The molecule has 3 heteroatoms. The molecule has 0 saturated carbocycles. The molecular formula is C8H15NO2. The SMILES string of the molecule is C/C=C/CC(N)C(=O)OCC. The number of carbonyl (C=O) groups is 1. The van der Waals surface area contributed by atoms with Crippen LogP contribution in [0.3, 0.4) is 0 Å². The molecular weight excluding hydrogens is 142 g/mol. The molecule has 0 heterocycles. The molecule has 0 aliphatic rings. The maximum atomic E-state index is 10.9. The van der Waals surface area contributed by atoms with Crippen LogP contribution in [0, 0.1) is 0 Å². The number of ether oxygens (including phenoxy) is 1. The summed E-state index contributed by atoms with van der Waals surface area (Å²) in [4.78, 5) is 10.9. The number of carbonyl (C=O) groups excluding carboxylic acids is 1. The molecule has 1 unspecified atom stereocenters. The van der Waals surface area contributed by atoms with Crippen molar-refractivity contribution in [3.8, 4) is 0 Å². The number of esters is 1. The molecule has 0 saturated heterocycles. The molecule has 0 aromatic carbocycles. The van der Waals surface area contributed by atoms with E-state index in [9.17, 15) is 4.79 Å². The zero-order valence-corrected chi connectivity index (χ0v) is 7.04. The van der Waals surface area contributed by atoms with Crippen molar-refractivity contribution < 1.29 is 9.53 Å². The van der Waals surface area contributed by atoms with Gasteiger partial charge in [-0.3, -0.25) is 4.79 Å². The maximum absolute atomic E-state index is 10.9. The number of hydrogen-bond donors (Lipinski definition) is 1. The summed E-state index contributed by atoms with van der Waals surface area (Å²) in [7, 11) is 0. The van der Waals surface area contributed by atoms with Crippen molar-refractivity contribution in [1.82, 2.24) is 0 Å². The molecule has 64 valence electrons. The Morgan fingerprint density at radius 3 is 2.82 bits per heavy atom. The van der Waals surface area contributed by atoms with Crippen molar-refractivity contribution in [3.63, 3.8) is 0 Å². The second-order valence-electron chi connectivity index (χ2n) is 2.16. The van der Waals surface area contributed by atoms with Gasteiger partial charge < -0.3 is 10.5 Å². The quantitative estimate of drug-likeness (QED) is 0.486. The van der Waals surface area contributed by atoms with E-state index in [4.69, 9.17) is 10.5 Å². The smallest absolute Gasteiger partial charge is 0.323 e. The average Bonchev–Trinajstić information content (AvgIpc) is 2.00. The fourth-order valence-corrected chi connectivity index (χ4v) is 0.628. The van der Waals surface area contributed by atoms with E-state index in [0.29, 0.717) is 13.0 Å². The highest BCUT2D eigenvalue weighted by Gasteiger charge is 2.11. The molecule has 0 radical (unpaired) electrons. The first kappa shape index (κ1) is 10.2. The zero-order chi connectivity index (χ0) is 8.69. The van der Waals surface area contributed by atoms with Crippen molar-refractivity contribution in [1.29, 1.82) is 0 Å². The number of rotatable bonds is 4. The van der Waals surface area contributed by atoms with Gasteiger partial charge in [0.25, 0.3) is 0 Å². The Morgan fingerprint density at radius 1 is 1.73 bits per heavy atom. The largest absolute Gasteiger partial charge is 0.465 e. The van der Waals surface area contributed by atoms with Crippen LogP contribution in [-0.2, 0) is 9.53 Å². The Bertz CT molecular complexity index is 143. The molecule has 0 aromatic heterocycles. The van der Waals surface area contributed by atoms with Crippen molar-refractivity contribution >= 4 is 5.97 Å². The van der Waals surface area contributed by atoms with Crippen molar-refractivity contribution in [2.75, 3.05) is 6.61 Å². The Labute approximate surface area is 67.2 Å². The van der Waals surface area contributed by atoms with E-state index in [-0.39, 0.29) is 5.97 Å².